The summed E-state index contributed by atoms with van der Waals surface area (Å²) in [5.41, 5.74) is 1.21. The van der Waals surface area contributed by atoms with Crippen molar-refractivity contribution in [2.24, 2.45) is 0 Å². The molecule has 6 nitrogen and oxygen atoms in total. The molecule has 2 atom stereocenters. The minimum Gasteiger partial charge on any atom is -0.390 e. The lowest BCUT2D eigenvalue weighted by Gasteiger charge is -2.38. The highest BCUT2D eigenvalue weighted by molar-refractivity contribution is 7.89. The molecule has 4 rings (SSSR count). The molecular weight excluding hydrogens is 393 g/mol. The highest BCUT2D eigenvalue weighted by Gasteiger charge is 2.38. The van der Waals surface area contributed by atoms with E-state index in [1.807, 2.05) is 18.2 Å². The summed E-state index contributed by atoms with van der Waals surface area (Å²) in [4.78, 5) is 4.11. The van der Waals surface area contributed by atoms with Gasteiger partial charge in [-0.05, 0) is 17.7 Å². The first kappa shape index (κ1) is 20.4. The number of β-amino-alcohol motifs (C(OH)–C–C–N with tert-alkyl or cyclic N) is 1. The van der Waals surface area contributed by atoms with E-state index in [-0.39, 0.29) is 10.9 Å². The molecule has 8 heteroatoms. The van der Waals surface area contributed by atoms with Crippen molar-refractivity contribution in [2.45, 2.75) is 23.6 Å². The average molecular weight is 420 g/mol. The van der Waals surface area contributed by atoms with Crippen molar-refractivity contribution in [3.8, 4) is 0 Å². The van der Waals surface area contributed by atoms with Crippen LogP contribution in [-0.2, 0) is 16.6 Å². The van der Waals surface area contributed by atoms with Crippen LogP contribution in [0.2, 0.25) is 0 Å². The lowest BCUT2D eigenvalue weighted by Crippen LogP contribution is -2.54. The standard InChI is InChI=1S/C21H26FN3O3S/c22-18-8-4-5-9-21(18)29(27,28)25-12-10-24(11-13-25)19-15-23(16-20(19)26)14-17-6-2-1-3-7-17/h1-9,19-20,26H,10-16H2. The van der Waals surface area contributed by atoms with Crippen LogP contribution in [0.4, 0.5) is 4.39 Å². The van der Waals surface area contributed by atoms with E-state index in [1.165, 1.54) is 34.1 Å². The molecule has 0 aliphatic carbocycles. The Balaban J connectivity index is 1.36. The molecule has 2 fully saturated rings. The SMILES string of the molecule is O=S(=O)(c1ccccc1F)N1CCN(C2CN(Cc3ccccc3)CC2O)CC1. The van der Waals surface area contributed by atoms with E-state index >= 15 is 0 Å². The van der Waals surface area contributed by atoms with Gasteiger partial charge in [0.25, 0.3) is 0 Å². The zero-order chi connectivity index (χ0) is 20.4. The van der Waals surface area contributed by atoms with Crippen LogP contribution in [0.1, 0.15) is 5.56 Å². The van der Waals surface area contributed by atoms with Gasteiger partial charge < -0.3 is 5.11 Å². The number of halogens is 1. The molecule has 0 aromatic heterocycles. The van der Waals surface area contributed by atoms with Crippen LogP contribution in [0.3, 0.4) is 0 Å². The third kappa shape index (κ3) is 4.36. The number of benzene rings is 2. The highest BCUT2D eigenvalue weighted by Crippen LogP contribution is 2.24. The van der Waals surface area contributed by atoms with E-state index in [1.54, 1.807) is 0 Å². The number of hydrogen-bond acceptors (Lipinski definition) is 5. The molecule has 1 N–H and O–H groups in total. The minimum absolute atomic E-state index is 0.0166. The van der Waals surface area contributed by atoms with E-state index in [2.05, 4.69) is 21.9 Å². The molecule has 2 aliphatic rings. The molecule has 0 amide bonds. The zero-order valence-electron chi connectivity index (χ0n) is 16.2. The summed E-state index contributed by atoms with van der Waals surface area (Å²) in [6.07, 6.45) is -0.464. The molecule has 156 valence electrons. The van der Waals surface area contributed by atoms with Crippen LogP contribution in [0.15, 0.2) is 59.5 Å². The maximum Gasteiger partial charge on any atom is 0.246 e. The van der Waals surface area contributed by atoms with Crippen LogP contribution in [0, 0.1) is 5.82 Å². The molecular formula is C21H26FN3O3S. The Hall–Kier alpha value is -1.84. The van der Waals surface area contributed by atoms with Gasteiger partial charge in [-0.15, -0.1) is 0 Å². The Morgan fingerprint density at radius 3 is 2.28 bits per heavy atom. The predicted molar refractivity (Wildman–Crippen MR) is 108 cm³/mol. The Morgan fingerprint density at radius 1 is 0.931 bits per heavy atom. The first-order valence-corrected chi connectivity index (χ1v) is 11.3. The quantitative estimate of drug-likeness (QED) is 0.793. The van der Waals surface area contributed by atoms with Gasteiger partial charge >= 0.3 is 0 Å². The molecule has 2 unspecified atom stereocenters. The molecule has 2 saturated heterocycles. The number of aliphatic hydroxyl groups excluding tert-OH is 1. The molecule has 2 aliphatic heterocycles. The summed E-state index contributed by atoms with van der Waals surface area (Å²) < 4.78 is 40.9. The summed E-state index contributed by atoms with van der Waals surface area (Å²) in [6.45, 7) is 3.76. The first-order valence-electron chi connectivity index (χ1n) is 9.88. The van der Waals surface area contributed by atoms with Crippen LogP contribution < -0.4 is 0 Å². The van der Waals surface area contributed by atoms with Gasteiger partial charge in [-0.25, -0.2) is 12.8 Å². The second-order valence-electron chi connectivity index (χ2n) is 7.68. The molecule has 2 aromatic rings. The zero-order valence-corrected chi connectivity index (χ0v) is 17.0. The van der Waals surface area contributed by atoms with Crippen molar-refractivity contribution >= 4 is 10.0 Å². The van der Waals surface area contributed by atoms with E-state index in [0.29, 0.717) is 32.7 Å². The Bertz CT molecular complexity index is 933. The normalized spacial score (nSPS) is 24.8. The maximum absolute atomic E-state index is 14.0. The fourth-order valence-electron chi connectivity index (χ4n) is 4.25. The van der Waals surface area contributed by atoms with E-state index < -0.39 is 21.9 Å². The Labute approximate surface area is 171 Å². The number of nitrogens with zero attached hydrogens (tertiary/aromatic N) is 3. The molecule has 0 radical (unpaired) electrons. The lowest BCUT2D eigenvalue weighted by atomic mass is 10.1. The van der Waals surface area contributed by atoms with E-state index in [4.69, 9.17) is 0 Å². The summed E-state index contributed by atoms with van der Waals surface area (Å²) in [5, 5.41) is 10.6. The van der Waals surface area contributed by atoms with Crippen molar-refractivity contribution in [3.63, 3.8) is 0 Å². The van der Waals surface area contributed by atoms with Gasteiger partial charge in [0.2, 0.25) is 10.0 Å². The predicted octanol–water partition coefficient (Wildman–Crippen LogP) is 1.38. The summed E-state index contributed by atoms with van der Waals surface area (Å²) in [6, 6.07) is 15.6. The second-order valence-corrected chi connectivity index (χ2v) is 9.59. The minimum atomic E-state index is -3.85. The van der Waals surface area contributed by atoms with Crippen LogP contribution in [0.25, 0.3) is 0 Å². The highest BCUT2D eigenvalue weighted by atomic mass is 32.2. The number of piperazine rings is 1. The summed E-state index contributed by atoms with van der Waals surface area (Å²) in [5.74, 6) is -0.724. The van der Waals surface area contributed by atoms with Crippen LogP contribution in [0.5, 0.6) is 0 Å². The maximum atomic E-state index is 14.0. The molecule has 29 heavy (non-hydrogen) atoms. The fraction of sp³-hybridized carbons (Fsp3) is 0.429. The van der Waals surface area contributed by atoms with Gasteiger partial charge in [0.1, 0.15) is 10.7 Å². The molecule has 0 bridgehead atoms. The van der Waals surface area contributed by atoms with Gasteiger partial charge in [0, 0.05) is 51.9 Å². The molecule has 0 spiro atoms. The number of likely N-dealkylation sites (tertiary alicyclic amines) is 1. The topological polar surface area (TPSA) is 64.1 Å². The third-order valence-electron chi connectivity index (χ3n) is 5.78. The third-order valence-corrected chi connectivity index (χ3v) is 7.71. The number of rotatable bonds is 5. The number of aliphatic hydroxyl groups is 1. The summed E-state index contributed by atoms with van der Waals surface area (Å²) in [7, 11) is -3.85. The Morgan fingerprint density at radius 2 is 1.59 bits per heavy atom. The fourth-order valence-corrected chi connectivity index (χ4v) is 5.73. The number of sulfonamides is 1. The van der Waals surface area contributed by atoms with Crippen molar-refractivity contribution in [3.05, 3.63) is 66.0 Å². The van der Waals surface area contributed by atoms with Crippen molar-refractivity contribution in [2.75, 3.05) is 39.3 Å². The average Bonchev–Trinajstić information content (AvgIpc) is 3.09. The van der Waals surface area contributed by atoms with E-state index in [9.17, 15) is 17.9 Å². The second kappa shape index (κ2) is 8.49. The molecule has 2 aromatic carbocycles. The van der Waals surface area contributed by atoms with Crippen molar-refractivity contribution in [1.29, 1.82) is 0 Å². The summed E-state index contributed by atoms with van der Waals surface area (Å²) >= 11 is 0. The van der Waals surface area contributed by atoms with Crippen molar-refractivity contribution < 1.29 is 17.9 Å². The van der Waals surface area contributed by atoms with Gasteiger partial charge in [0.05, 0.1) is 6.10 Å². The van der Waals surface area contributed by atoms with Crippen molar-refractivity contribution in [1.82, 2.24) is 14.1 Å². The van der Waals surface area contributed by atoms with Crippen LogP contribution in [-0.4, -0.2) is 79.0 Å². The van der Waals surface area contributed by atoms with E-state index in [0.717, 1.165) is 13.1 Å². The van der Waals surface area contributed by atoms with Gasteiger partial charge in [-0.3, -0.25) is 9.80 Å². The van der Waals surface area contributed by atoms with Gasteiger partial charge in [-0.1, -0.05) is 42.5 Å². The Kier molecular flexibility index (Phi) is 5.98. The molecule has 0 saturated carbocycles. The van der Waals surface area contributed by atoms with Gasteiger partial charge in [0.15, 0.2) is 0 Å². The molecule has 2 heterocycles. The number of hydrogen-bond donors (Lipinski definition) is 1. The lowest BCUT2D eigenvalue weighted by molar-refractivity contribution is 0.0618. The van der Waals surface area contributed by atoms with Gasteiger partial charge in [-0.2, -0.15) is 4.31 Å². The monoisotopic (exact) mass is 419 g/mol. The van der Waals surface area contributed by atoms with Crippen LogP contribution >= 0.6 is 0 Å². The first-order chi connectivity index (χ1) is 13.9. The smallest absolute Gasteiger partial charge is 0.246 e. The largest absolute Gasteiger partial charge is 0.390 e.